The molecule has 34 heavy (non-hydrogen) atoms. The van der Waals surface area contributed by atoms with Gasteiger partial charge in [0.1, 0.15) is 6.10 Å². The van der Waals surface area contributed by atoms with Crippen molar-refractivity contribution in [2.75, 3.05) is 0 Å². The zero-order valence-electron chi connectivity index (χ0n) is 21.2. The summed E-state index contributed by atoms with van der Waals surface area (Å²) in [6.07, 6.45) is -0.0374. The lowest BCUT2D eigenvalue weighted by atomic mass is 9.47. The highest BCUT2D eigenvalue weighted by atomic mass is 16.6. The van der Waals surface area contributed by atoms with Crippen molar-refractivity contribution in [1.82, 2.24) is 0 Å². The zero-order chi connectivity index (χ0) is 25.7. The molecule has 0 aliphatic heterocycles. The van der Waals surface area contributed by atoms with Crippen LogP contribution < -0.4 is 0 Å². The Morgan fingerprint density at radius 1 is 0.882 bits per heavy atom. The Kier molecular flexibility index (Phi) is 6.68. The van der Waals surface area contributed by atoms with Gasteiger partial charge in [-0.1, -0.05) is 41.0 Å². The van der Waals surface area contributed by atoms with E-state index in [0.717, 1.165) is 12.8 Å². The average molecular weight is 475 g/mol. The Balaban J connectivity index is 2.38. The third kappa shape index (κ3) is 4.12. The maximum absolute atomic E-state index is 14.0. The van der Waals surface area contributed by atoms with Gasteiger partial charge in [0.05, 0.1) is 5.57 Å². The summed E-state index contributed by atoms with van der Waals surface area (Å²) in [6, 6.07) is 0. The SMILES string of the molecule is CC(=O)OC1=C(C(C)C)C(=O)C2=C(C1=O)[C@@]1(C)CCCC(C)(C)[C@@H]1[C@@H](OC(C)=O)[C@@H]2OC(C)=O. The van der Waals surface area contributed by atoms with Crippen molar-refractivity contribution in [3.8, 4) is 0 Å². The number of hydrogen-bond donors (Lipinski definition) is 0. The van der Waals surface area contributed by atoms with Gasteiger partial charge >= 0.3 is 17.9 Å². The molecule has 0 saturated heterocycles. The molecule has 0 bridgehead atoms. The van der Waals surface area contributed by atoms with Crippen molar-refractivity contribution < 1.29 is 38.2 Å². The van der Waals surface area contributed by atoms with Crippen LogP contribution >= 0.6 is 0 Å². The molecule has 0 N–H and O–H groups in total. The fraction of sp³-hybridized carbons (Fsp3) is 0.654. The van der Waals surface area contributed by atoms with E-state index in [0.29, 0.717) is 6.42 Å². The van der Waals surface area contributed by atoms with E-state index in [-0.39, 0.29) is 22.5 Å². The Morgan fingerprint density at radius 3 is 1.97 bits per heavy atom. The molecular formula is C26H34O8. The predicted octanol–water partition coefficient (Wildman–Crippen LogP) is 3.62. The van der Waals surface area contributed by atoms with Gasteiger partial charge in [0.15, 0.2) is 17.6 Å². The first-order valence-electron chi connectivity index (χ1n) is 11.7. The average Bonchev–Trinajstić information content (AvgIpc) is 2.65. The highest BCUT2D eigenvalue weighted by Crippen LogP contribution is 2.62. The number of carbonyl (C=O) groups is 5. The quantitative estimate of drug-likeness (QED) is 0.345. The molecule has 3 aliphatic rings. The molecule has 0 aromatic carbocycles. The molecule has 0 unspecified atom stereocenters. The third-order valence-corrected chi connectivity index (χ3v) is 7.38. The molecule has 0 amide bonds. The van der Waals surface area contributed by atoms with Crippen molar-refractivity contribution in [3.05, 3.63) is 22.5 Å². The number of rotatable bonds is 4. The Bertz CT molecular complexity index is 1030. The van der Waals surface area contributed by atoms with Gasteiger partial charge in [0.25, 0.3) is 0 Å². The number of carbonyl (C=O) groups excluding carboxylic acids is 5. The van der Waals surface area contributed by atoms with E-state index in [4.69, 9.17) is 14.2 Å². The molecule has 186 valence electrons. The van der Waals surface area contributed by atoms with Crippen LogP contribution in [0.5, 0.6) is 0 Å². The number of Topliss-reactive ketones (excluding diaryl/α,β-unsaturated/α-hetero) is 2. The van der Waals surface area contributed by atoms with Gasteiger partial charge in [-0.05, 0) is 24.2 Å². The van der Waals surface area contributed by atoms with Crippen molar-refractivity contribution in [3.63, 3.8) is 0 Å². The summed E-state index contributed by atoms with van der Waals surface area (Å²) >= 11 is 0. The largest absolute Gasteiger partial charge is 0.458 e. The number of fused-ring (bicyclic) bond motifs is 2. The first-order chi connectivity index (χ1) is 15.6. The Morgan fingerprint density at radius 2 is 1.47 bits per heavy atom. The molecule has 0 aromatic heterocycles. The molecule has 3 rings (SSSR count). The molecule has 0 heterocycles. The molecule has 0 radical (unpaired) electrons. The maximum Gasteiger partial charge on any atom is 0.308 e. The number of esters is 3. The predicted molar refractivity (Wildman–Crippen MR) is 121 cm³/mol. The number of ether oxygens (including phenoxy) is 3. The minimum atomic E-state index is -1.24. The molecule has 3 aliphatic carbocycles. The minimum absolute atomic E-state index is 0.0301. The van der Waals surface area contributed by atoms with Gasteiger partial charge in [-0.15, -0.1) is 0 Å². The van der Waals surface area contributed by atoms with E-state index >= 15 is 0 Å². The highest BCUT2D eigenvalue weighted by Gasteiger charge is 2.64. The van der Waals surface area contributed by atoms with Crippen LogP contribution in [0.2, 0.25) is 0 Å². The molecule has 8 heteroatoms. The minimum Gasteiger partial charge on any atom is -0.458 e. The van der Waals surface area contributed by atoms with Gasteiger partial charge in [0.2, 0.25) is 5.78 Å². The lowest BCUT2D eigenvalue weighted by molar-refractivity contribution is -0.186. The molecule has 0 spiro atoms. The van der Waals surface area contributed by atoms with Crippen molar-refractivity contribution in [2.45, 2.75) is 86.9 Å². The van der Waals surface area contributed by atoms with Crippen LogP contribution in [0.3, 0.4) is 0 Å². The van der Waals surface area contributed by atoms with Gasteiger partial charge in [-0.3, -0.25) is 24.0 Å². The summed E-state index contributed by atoms with van der Waals surface area (Å²) in [6.45, 7) is 13.1. The van der Waals surface area contributed by atoms with Crippen molar-refractivity contribution in [1.29, 1.82) is 0 Å². The summed E-state index contributed by atoms with van der Waals surface area (Å²) < 4.78 is 16.8. The fourth-order valence-electron chi connectivity index (χ4n) is 6.47. The molecule has 8 nitrogen and oxygen atoms in total. The molecule has 1 fully saturated rings. The summed E-state index contributed by atoms with van der Waals surface area (Å²) in [5.74, 6) is -4.12. The third-order valence-electron chi connectivity index (χ3n) is 7.38. The first kappa shape index (κ1) is 25.8. The number of hydrogen-bond acceptors (Lipinski definition) is 8. The van der Waals surface area contributed by atoms with E-state index in [1.54, 1.807) is 13.8 Å². The highest BCUT2D eigenvalue weighted by molar-refractivity contribution is 6.26. The van der Waals surface area contributed by atoms with E-state index in [1.165, 1.54) is 20.8 Å². The van der Waals surface area contributed by atoms with Gasteiger partial charge in [0, 0.05) is 43.3 Å². The number of allylic oxidation sites excluding steroid dienone is 2. The second-order valence-corrected chi connectivity index (χ2v) is 10.8. The second kappa shape index (κ2) is 8.78. The summed E-state index contributed by atoms with van der Waals surface area (Å²) in [5.41, 5.74) is -0.992. The maximum atomic E-state index is 14.0. The first-order valence-corrected chi connectivity index (χ1v) is 11.7. The van der Waals surface area contributed by atoms with Crippen LogP contribution in [0.1, 0.15) is 74.7 Å². The van der Waals surface area contributed by atoms with Crippen LogP contribution in [0.25, 0.3) is 0 Å². The van der Waals surface area contributed by atoms with Crippen molar-refractivity contribution in [2.24, 2.45) is 22.7 Å². The zero-order valence-corrected chi connectivity index (χ0v) is 21.2. The standard InChI is InChI=1S/C26H34O8/c1-12(2)16-19(30)17-18(20(31)21(16)32-13(3)27)26(8)11-9-10-25(6,7)24(26)23(34-15(5)29)22(17)33-14(4)28/h12,22-24H,9-11H2,1-8H3/t22-,23+,24+,26-/m1/s1. The molecule has 0 aromatic rings. The monoisotopic (exact) mass is 474 g/mol. The van der Waals surface area contributed by atoms with Gasteiger partial charge in [-0.2, -0.15) is 0 Å². The van der Waals surface area contributed by atoms with E-state index < -0.39 is 64.3 Å². The normalized spacial score (nSPS) is 30.6. The van der Waals surface area contributed by atoms with Crippen LogP contribution in [-0.2, 0) is 38.2 Å². The number of ketones is 2. The topological polar surface area (TPSA) is 113 Å². The smallest absolute Gasteiger partial charge is 0.308 e. The van der Waals surface area contributed by atoms with E-state index in [9.17, 15) is 24.0 Å². The molecule has 4 atom stereocenters. The summed E-state index contributed by atoms with van der Waals surface area (Å²) in [4.78, 5) is 64.2. The summed E-state index contributed by atoms with van der Waals surface area (Å²) in [7, 11) is 0. The van der Waals surface area contributed by atoms with Crippen LogP contribution in [0.4, 0.5) is 0 Å². The lowest BCUT2D eigenvalue weighted by Gasteiger charge is -2.58. The van der Waals surface area contributed by atoms with Crippen molar-refractivity contribution >= 4 is 29.5 Å². The summed E-state index contributed by atoms with van der Waals surface area (Å²) in [5, 5.41) is 0. The van der Waals surface area contributed by atoms with E-state index in [1.807, 2.05) is 20.8 Å². The lowest BCUT2D eigenvalue weighted by Crippen LogP contribution is -2.61. The Hall–Kier alpha value is -2.77. The molecule has 1 saturated carbocycles. The van der Waals surface area contributed by atoms with E-state index in [2.05, 4.69) is 0 Å². The molecular weight excluding hydrogens is 440 g/mol. The van der Waals surface area contributed by atoms with Gasteiger partial charge < -0.3 is 14.2 Å². The second-order valence-electron chi connectivity index (χ2n) is 10.8. The van der Waals surface area contributed by atoms with Crippen LogP contribution in [0.15, 0.2) is 22.5 Å². The van der Waals surface area contributed by atoms with Crippen LogP contribution in [0, 0.1) is 22.7 Å². The Labute approximate surface area is 200 Å². The fourth-order valence-corrected chi connectivity index (χ4v) is 6.47. The van der Waals surface area contributed by atoms with Gasteiger partial charge in [-0.25, -0.2) is 0 Å². The van der Waals surface area contributed by atoms with Crippen LogP contribution in [-0.4, -0.2) is 41.7 Å².